The molecule has 0 fully saturated rings. The van der Waals surface area contributed by atoms with Gasteiger partial charge in [-0.1, -0.05) is 17.7 Å². The van der Waals surface area contributed by atoms with Crippen LogP contribution in [-0.4, -0.2) is 33.3 Å². The average molecular weight is 336 g/mol. The van der Waals surface area contributed by atoms with E-state index in [4.69, 9.17) is 21.1 Å². The largest absolute Gasteiger partial charge is 0.493 e. The van der Waals surface area contributed by atoms with E-state index in [0.717, 1.165) is 16.9 Å². The van der Waals surface area contributed by atoms with Crippen molar-refractivity contribution in [3.8, 4) is 11.5 Å². The van der Waals surface area contributed by atoms with Crippen LogP contribution in [0.15, 0.2) is 30.5 Å². The van der Waals surface area contributed by atoms with Crippen molar-refractivity contribution < 1.29 is 9.47 Å². The Morgan fingerprint density at radius 3 is 2.52 bits per heavy atom. The van der Waals surface area contributed by atoms with Crippen LogP contribution >= 0.6 is 11.6 Å². The predicted molar refractivity (Wildman–Crippen MR) is 93.7 cm³/mol. The molecule has 1 N–H and O–H groups in total. The van der Waals surface area contributed by atoms with Gasteiger partial charge < -0.3 is 19.7 Å². The highest BCUT2D eigenvalue weighted by atomic mass is 35.5. The molecular weight excluding hydrogens is 314 g/mol. The molecule has 0 amide bonds. The Labute approximate surface area is 142 Å². The van der Waals surface area contributed by atoms with Crippen molar-refractivity contribution in [3.05, 3.63) is 46.6 Å². The van der Waals surface area contributed by atoms with E-state index in [1.165, 1.54) is 0 Å². The van der Waals surface area contributed by atoms with E-state index in [2.05, 4.69) is 16.4 Å². The molecule has 0 atom stereocenters. The minimum atomic E-state index is 0.613. The van der Waals surface area contributed by atoms with Crippen molar-refractivity contribution in [1.82, 2.24) is 10.3 Å². The van der Waals surface area contributed by atoms with Crippen molar-refractivity contribution >= 4 is 17.4 Å². The second kappa shape index (κ2) is 8.04. The number of pyridine rings is 1. The summed E-state index contributed by atoms with van der Waals surface area (Å²) in [6.07, 6.45) is 1.80. The molecule has 0 radical (unpaired) electrons. The SMILES string of the molecule is COc1cc(Cl)cc(CNCc2cccnc2N(C)C)c1OC. The van der Waals surface area contributed by atoms with Crippen molar-refractivity contribution in [2.75, 3.05) is 33.2 Å². The summed E-state index contributed by atoms with van der Waals surface area (Å²) in [7, 11) is 7.19. The summed E-state index contributed by atoms with van der Waals surface area (Å²) in [6.45, 7) is 1.31. The molecule has 2 rings (SSSR count). The first-order chi connectivity index (χ1) is 11.1. The fourth-order valence-electron chi connectivity index (χ4n) is 2.44. The molecule has 1 heterocycles. The van der Waals surface area contributed by atoms with Crippen LogP contribution in [0.1, 0.15) is 11.1 Å². The minimum Gasteiger partial charge on any atom is -0.493 e. The molecule has 0 unspecified atom stereocenters. The summed E-state index contributed by atoms with van der Waals surface area (Å²) in [4.78, 5) is 6.40. The molecule has 5 nitrogen and oxygen atoms in total. The van der Waals surface area contributed by atoms with Gasteiger partial charge >= 0.3 is 0 Å². The number of nitrogens with zero attached hydrogens (tertiary/aromatic N) is 2. The Kier molecular flexibility index (Phi) is 6.07. The molecule has 6 heteroatoms. The molecule has 0 saturated carbocycles. The number of halogens is 1. The molecule has 1 aromatic carbocycles. The van der Waals surface area contributed by atoms with Gasteiger partial charge in [-0.3, -0.25) is 0 Å². The topological polar surface area (TPSA) is 46.6 Å². The van der Waals surface area contributed by atoms with Crippen molar-refractivity contribution in [1.29, 1.82) is 0 Å². The fraction of sp³-hybridized carbons (Fsp3) is 0.353. The first-order valence-electron chi connectivity index (χ1n) is 7.29. The number of nitrogens with one attached hydrogen (secondary N) is 1. The van der Waals surface area contributed by atoms with Crippen LogP contribution in [0.2, 0.25) is 5.02 Å². The molecular formula is C17H22ClN3O2. The Morgan fingerprint density at radius 1 is 1.13 bits per heavy atom. The third-order valence-electron chi connectivity index (χ3n) is 3.44. The van der Waals surface area contributed by atoms with Gasteiger partial charge in [0.25, 0.3) is 0 Å². The van der Waals surface area contributed by atoms with Gasteiger partial charge in [-0.25, -0.2) is 4.98 Å². The van der Waals surface area contributed by atoms with E-state index >= 15 is 0 Å². The molecule has 0 aliphatic carbocycles. The zero-order chi connectivity index (χ0) is 16.8. The smallest absolute Gasteiger partial charge is 0.165 e. The van der Waals surface area contributed by atoms with Gasteiger partial charge in [0, 0.05) is 55.6 Å². The molecule has 1 aromatic heterocycles. The Bertz CT molecular complexity index is 662. The van der Waals surface area contributed by atoms with Crippen molar-refractivity contribution in [2.24, 2.45) is 0 Å². The van der Waals surface area contributed by atoms with Crippen LogP contribution in [0.4, 0.5) is 5.82 Å². The minimum absolute atomic E-state index is 0.613. The zero-order valence-electron chi connectivity index (χ0n) is 13.9. The van der Waals surface area contributed by atoms with Crippen LogP contribution in [0.25, 0.3) is 0 Å². The first-order valence-corrected chi connectivity index (χ1v) is 7.67. The van der Waals surface area contributed by atoms with E-state index in [1.807, 2.05) is 31.1 Å². The molecule has 0 aliphatic rings. The number of anilines is 1. The van der Waals surface area contributed by atoms with E-state index in [-0.39, 0.29) is 0 Å². The lowest BCUT2D eigenvalue weighted by Crippen LogP contribution is -2.18. The maximum absolute atomic E-state index is 6.14. The maximum atomic E-state index is 6.14. The number of ether oxygens (including phenoxy) is 2. The number of benzene rings is 1. The predicted octanol–water partition coefficient (Wildman–Crippen LogP) is 3.11. The zero-order valence-corrected chi connectivity index (χ0v) is 14.6. The van der Waals surface area contributed by atoms with Gasteiger partial charge in [-0.05, 0) is 12.1 Å². The quantitative estimate of drug-likeness (QED) is 0.842. The monoisotopic (exact) mass is 335 g/mol. The first kappa shape index (κ1) is 17.4. The Hall–Kier alpha value is -1.98. The lowest BCUT2D eigenvalue weighted by Gasteiger charge is -2.17. The van der Waals surface area contributed by atoms with E-state index in [9.17, 15) is 0 Å². The molecule has 0 aliphatic heterocycles. The number of aromatic nitrogens is 1. The van der Waals surface area contributed by atoms with Crippen LogP contribution in [0.5, 0.6) is 11.5 Å². The highest BCUT2D eigenvalue weighted by molar-refractivity contribution is 6.30. The van der Waals surface area contributed by atoms with Crippen molar-refractivity contribution in [3.63, 3.8) is 0 Å². The molecule has 23 heavy (non-hydrogen) atoms. The molecule has 0 bridgehead atoms. The molecule has 0 saturated heterocycles. The lowest BCUT2D eigenvalue weighted by molar-refractivity contribution is 0.350. The van der Waals surface area contributed by atoms with Gasteiger partial charge in [-0.2, -0.15) is 0 Å². The van der Waals surface area contributed by atoms with Crippen LogP contribution in [0, 0.1) is 0 Å². The van der Waals surface area contributed by atoms with E-state index < -0.39 is 0 Å². The summed E-state index contributed by atoms with van der Waals surface area (Å²) < 4.78 is 10.8. The summed E-state index contributed by atoms with van der Waals surface area (Å²) in [5, 5.41) is 4.03. The normalized spacial score (nSPS) is 10.5. The van der Waals surface area contributed by atoms with E-state index in [1.54, 1.807) is 26.5 Å². The number of methoxy groups -OCH3 is 2. The van der Waals surface area contributed by atoms with Gasteiger partial charge in [0.05, 0.1) is 14.2 Å². The Balaban J connectivity index is 2.12. The van der Waals surface area contributed by atoms with E-state index in [0.29, 0.717) is 29.6 Å². The van der Waals surface area contributed by atoms with Crippen LogP contribution in [0.3, 0.4) is 0 Å². The number of rotatable bonds is 7. The average Bonchev–Trinajstić information content (AvgIpc) is 2.54. The van der Waals surface area contributed by atoms with Gasteiger partial charge in [0.2, 0.25) is 0 Å². The summed E-state index contributed by atoms with van der Waals surface area (Å²) in [5.41, 5.74) is 2.08. The summed E-state index contributed by atoms with van der Waals surface area (Å²) in [5.74, 6) is 2.28. The highest BCUT2D eigenvalue weighted by Crippen LogP contribution is 2.34. The second-order valence-electron chi connectivity index (χ2n) is 5.28. The molecule has 0 spiro atoms. The fourth-order valence-corrected chi connectivity index (χ4v) is 2.67. The van der Waals surface area contributed by atoms with Crippen molar-refractivity contribution in [2.45, 2.75) is 13.1 Å². The lowest BCUT2D eigenvalue weighted by atomic mass is 10.1. The van der Waals surface area contributed by atoms with Gasteiger partial charge in [0.1, 0.15) is 5.82 Å². The van der Waals surface area contributed by atoms with Crippen LogP contribution < -0.4 is 19.7 Å². The maximum Gasteiger partial charge on any atom is 0.165 e. The van der Waals surface area contributed by atoms with Gasteiger partial charge in [-0.15, -0.1) is 0 Å². The number of hydrogen-bond donors (Lipinski definition) is 1. The number of hydrogen-bond acceptors (Lipinski definition) is 5. The standard InChI is InChI=1S/C17H22ClN3O2/c1-21(2)17-12(6-5-7-20-17)10-19-11-13-8-14(18)9-15(22-3)16(13)23-4/h5-9,19H,10-11H2,1-4H3. The third kappa shape index (κ3) is 4.27. The summed E-state index contributed by atoms with van der Waals surface area (Å²) in [6, 6.07) is 7.62. The molecule has 124 valence electrons. The summed E-state index contributed by atoms with van der Waals surface area (Å²) >= 11 is 6.14. The van der Waals surface area contributed by atoms with Crippen LogP contribution in [-0.2, 0) is 13.1 Å². The Morgan fingerprint density at radius 2 is 1.87 bits per heavy atom. The van der Waals surface area contributed by atoms with Gasteiger partial charge in [0.15, 0.2) is 11.5 Å². The molecule has 2 aromatic rings. The third-order valence-corrected chi connectivity index (χ3v) is 3.66. The second-order valence-corrected chi connectivity index (χ2v) is 5.72. The highest BCUT2D eigenvalue weighted by Gasteiger charge is 2.12.